The van der Waals surface area contributed by atoms with Crippen LogP contribution in [0.4, 0.5) is 0 Å². The molecule has 1 amide bonds. The summed E-state index contributed by atoms with van der Waals surface area (Å²) >= 11 is 0. The third kappa shape index (κ3) is 6.42. The first-order valence-corrected chi connectivity index (χ1v) is 12.1. The van der Waals surface area contributed by atoms with Crippen molar-refractivity contribution in [1.82, 2.24) is 4.90 Å². The lowest BCUT2D eigenvalue weighted by Crippen LogP contribution is -2.32. The van der Waals surface area contributed by atoms with E-state index < -0.39 is 17.7 Å². The number of unbranched alkanes of at least 4 members (excludes halogenated alkanes) is 1. The fourth-order valence-corrected chi connectivity index (χ4v) is 3.88. The molecule has 0 bridgehead atoms. The van der Waals surface area contributed by atoms with Crippen molar-refractivity contribution >= 4 is 17.4 Å². The Kier molecular flexibility index (Phi) is 9.32. The SMILES string of the molecule is CCCCOc1ccc(C2/C(=C(/O)c3cccc(OCC(C)C)c3)C(=O)C(=O)N2CCOC)cc1. The van der Waals surface area contributed by atoms with Gasteiger partial charge >= 0.3 is 0 Å². The fourth-order valence-electron chi connectivity index (χ4n) is 3.88. The van der Waals surface area contributed by atoms with Crippen LogP contribution in [0.15, 0.2) is 54.1 Å². The van der Waals surface area contributed by atoms with E-state index in [1.54, 1.807) is 24.3 Å². The summed E-state index contributed by atoms with van der Waals surface area (Å²) in [5.41, 5.74) is 1.17. The summed E-state index contributed by atoms with van der Waals surface area (Å²) < 4.78 is 16.7. The van der Waals surface area contributed by atoms with Gasteiger partial charge in [0, 0.05) is 19.2 Å². The Hall–Kier alpha value is -3.32. The monoisotopic (exact) mass is 481 g/mol. The first-order valence-electron chi connectivity index (χ1n) is 12.1. The van der Waals surface area contributed by atoms with Gasteiger partial charge in [0.15, 0.2) is 0 Å². The molecule has 0 radical (unpaired) electrons. The van der Waals surface area contributed by atoms with E-state index in [-0.39, 0.29) is 24.5 Å². The Bertz CT molecular complexity index is 1040. The summed E-state index contributed by atoms with van der Waals surface area (Å²) in [6.45, 7) is 7.82. The van der Waals surface area contributed by atoms with Gasteiger partial charge in [-0.1, -0.05) is 51.5 Å². The molecule has 0 saturated carbocycles. The number of hydrogen-bond acceptors (Lipinski definition) is 6. The van der Waals surface area contributed by atoms with Gasteiger partial charge in [-0.05, 0) is 42.2 Å². The molecule has 188 valence electrons. The van der Waals surface area contributed by atoms with Gasteiger partial charge in [-0.3, -0.25) is 9.59 Å². The van der Waals surface area contributed by atoms with Crippen molar-refractivity contribution in [2.24, 2.45) is 5.92 Å². The molecule has 0 spiro atoms. The number of Topliss-reactive ketones (excluding diaryl/α,β-unsaturated/α-hetero) is 1. The molecule has 1 aliphatic heterocycles. The van der Waals surface area contributed by atoms with E-state index >= 15 is 0 Å². The van der Waals surface area contributed by atoms with E-state index in [1.807, 2.05) is 38.1 Å². The van der Waals surface area contributed by atoms with Crippen LogP contribution in [0.25, 0.3) is 5.76 Å². The van der Waals surface area contributed by atoms with Crippen LogP contribution in [0.2, 0.25) is 0 Å². The largest absolute Gasteiger partial charge is 0.507 e. The van der Waals surface area contributed by atoms with Gasteiger partial charge < -0.3 is 24.2 Å². The number of likely N-dealkylation sites (tertiary alicyclic amines) is 1. The van der Waals surface area contributed by atoms with E-state index in [2.05, 4.69) is 6.92 Å². The van der Waals surface area contributed by atoms with Crippen LogP contribution in [-0.2, 0) is 14.3 Å². The zero-order valence-corrected chi connectivity index (χ0v) is 21.0. The number of aliphatic hydroxyl groups excluding tert-OH is 1. The van der Waals surface area contributed by atoms with E-state index in [9.17, 15) is 14.7 Å². The highest BCUT2D eigenvalue weighted by Gasteiger charge is 2.45. The number of nitrogens with zero attached hydrogens (tertiary/aromatic N) is 1. The van der Waals surface area contributed by atoms with Crippen LogP contribution in [0, 0.1) is 5.92 Å². The quantitative estimate of drug-likeness (QED) is 0.199. The zero-order valence-electron chi connectivity index (χ0n) is 21.0. The molecule has 7 heteroatoms. The van der Waals surface area contributed by atoms with Gasteiger partial charge in [0.25, 0.3) is 11.7 Å². The van der Waals surface area contributed by atoms with Crippen molar-refractivity contribution in [3.8, 4) is 11.5 Å². The first kappa shape index (κ1) is 26.3. The van der Waals surface area contributed by atoms with Crippen molar-refractivity contribution in [1.29, 1.82) is 0 Å². The lowest BCUT2D eigenvalue weighted by Gasteiger charge is -2.25. The van der Waals surface area contributed by atoms with Gasteiger partial charge in [-0.2, -0.15) is 0 Å². The molecule has 1 aliphatic rings. The highest BCUT2D eigenvalue weighted by molar-refractivity contribution is 6.46. The number of benzene rings is 2. The maximum Gasteiger partial charge on any atom is 0.295 e. The Morgan fingerprint density at radius 3 is 2.43 bits per heavy atom. The molecular weight excluding hydrogens is 446 g/mol. The number of methoxy groups -OCH3 is 1. The Morgan fingerprint density at radius 1 is 1.03 bits per heavy atom. The summed E-state index contributed by atoms with van der Waals surface area (Å²) in [6, 6.07) is 13.5. The summed E-state index contributed by atoms with van der Waals surface area (Å²) in [7, 11) is 1.54. The molecule has 7 nitrogen and oxygen atoms in total. The lowest BCUT2D eigenvalue weighted by molar-refractivity contribution is -0.140. The van der Waals surface area contributed by atoms with Gasteiger partial charge in [0.05, 0.1) is 31.4 Å². The molecule has 0 aromatic heterocycles. The standard InChI is InChI=1S/C28H35NO6/c1-5-6-15-34-22-12-10-20(11-13-22)25-24(27(31)28(32)29(25)14-16-33-4)26(30)21-8-7-9-23(17-21)35-18-19(2)3/h7-13,17,19,25,30H,5-6,14-16,18H2,1-4H3/b26-24-. The third-order valence-corrected chi connectivity index (χ3v) is 5.73. The van der Waals surface area contributed by atoms with Crippen molar-refractivity contribution < 1.29 is 28.9 Å². The molecule has 2 aromatic carbocycles. The summed E-state index contributed by atoms with van der Waals surface area (Å²) in [4.78, 5) is 27.5. The number of aliphatic hydroxyl groups is 1. The Labute approximate surface area is 207 Å². The summed E-state index contributed by atoms with van der Waals surface area (Å²) in [5, 5.41) is 11.3. The van der Waals surface area contributed by atoms with Gasteiger partial charge in [-0.15, -0.1) is 0 Å². The van der Waals surface area contributed by atoms with Crippen LogP contribution in [0.5, 0.6) is 11.5 Å². The minimum atomic E-state index is -0.741. The number of rotatable bonds is 12. The third-order valence-electron chi connectivity index (χ3n) is 5.73. The predicted octanol–water partition coefficient (Wildman–Crippen LogP) is 4.97. The second-order valence-electron chi connectivity index (χ2n) is 8.99. The average molecular weight is 482 g/mol. The van der Waals surface area contributed by atoms with E-state index in [4.69, 9.17) is 14.2 Å². The lowest BCUT2D eigenvalue weighted by atomic mass is 9.95. The van der Waals surface area contributed by atoms with Crippen molar-refractivity contribution in [3.63, 3.8) is 0 Å². The normalized spacial score (nSPS) is 17.3. The van der Waals surface area contributed by atoms with Crippen molar-refractivity contribution in [2.75, 3.05) is 33.5 Å². The molecule has 1 heterocycles. The van der Waals surface area contributed by atoms with Gasteiger partial charge in [-0.25, -0.2) is 0 Å². The predicted molar refractivity (Wildman–Crippen MR) is 135 cm³/mol. The first-order chi connectivity index (χ1) is 16.9. The fraction of sp³-hybridized carbons (Fsp3) is 0.429. The van der Waals surface area contributed by atoms with Crippen LogP contribution >= 0.6 is 0 Å². The molecule has 35 heavy (non-hydrogen) atoms. The molecule has 1 unspecified atom stereocenters. The molecule has 0 aliphatic carbocycles. The highest BCUT2D eigenvalue weighted by Crippen LogP contribution is 2.40. The molecule has 1 saturated heterocycles. The summed E-state index contributed by atoms with van der Waals surface area (Å²) in [6.07, 6.45) is 1.99. The van der Waals surface area contributed by atoms with Crippen LogP contribution in [0.3, 0.4) is 0 Å². The number of amides is 1. The number of ketones is 1. The minimum Gasteiger partial charge on any atom is -0.507 e. The van der Waals surface area contributed by atoms with Crippen LogP contribution in [0.1, 0.15) is 50.8 Å². The molecule has 1 fully saturated rings. The maximum atomic E-state index is 13.1. The van der Waals surface area contributed by atoms with Gasteiger partial charge in [0.1, 0.15) is 17.3 Å². The molecule has 1 N–H and O–H groups in total. The molecule has 3 rings (SSSR count). The second kappa shape index (κ2) is 12.4. The second-order valence-corrected chi connectivity index (χ2v) is 8.99. The number of hydrogen-bond donors (Lipinski definition) is 1. The number of carbonyl (C=O) groups excluding carboxylic acids is 2. The number of carbonyl (C=O) groups is 2. The smallest absolute Gasteiger partial charge is 0.295 e. The highest BCUT2D eigenvalue weighted by atomic mass is 16.5. The molecule has 2 aromatic rings. The topological polar surface area (TPSA) is 85.3 Å². The van der Waals surface area contributed by atoms with Crippen LogP contribution < -0.4 is 9.47 Å². The van der Waals surface area contributed by atoms with Crippen molar-refractivity contribution in [3.05, 3.63) is 65.2 Å². The maximum absolute atomic E-state index is 13.1. The van der Waals surface area contributed by atoms with Gasteiger partial charge in [0.2, 0.25) is 0 Å². The molecular formula is C28H35NO6. The van der Waals surface area contributed by atoms with E-state index in [0.717, 1.165) is 12.8 Å². The Morgan fingerprint density at radius 2 is 1.77 bits per heavy atom. The van der Waals surface area contributed by atoms with Crippen LogP contribution in [-0.4, -0.2) is 55.2 Å². The Balaban J connectivity index is 2.00. The van der Waals surface area contributed by atoms with E-state index in [0.29, 0.717) is 41.8 Å². The zero-order chi connectivity index (χ0) is 25.4. The number of ether oxygens (including phenoxy) is 3. The van der Waals surface area contributed by atoms with E-state index in [1.165, 1.54) is 12.0 Å². The molecule has 1 atom stereocenters. The average Bonchev–Trinajstić information content (AvgIpc) is 3.11. The van der Waals surface area contributed by atoms with Crippen molar-refractivity contribution in [2.45, 2.75) is 39.7 Å². The summed E-state index contributed by atoms with van der Waals surface area (Å²) in [5.74, 6) is 0.0239. The minimum absolute atomic E-state index is 0.0479.